The van der Waals surface area contributed by atoms with Crippen molar-refractivity contribution < 1.29 is 29.3 Å². The highest BCUT2D eigenvalue weighted by Crippen LogP contribution is 2.35. The van der Waals surface area contributed by atoms with Crippen LogP contribution < -0.4 is 4.74 Å². The van der Waals surface area contributed by atoms with E-state index in [1.165, 1.54) is 13.0 Å². The van der Waals surface area contributed by atoms with Crippen molar-refractivity contribution in [2.24, 2.45) is 0 Å². The fourth-order valence-corrected chi connectivity index (χ4v) is 3.35. The van der Waals surface area contributed by atoms with E-state index in [1.807, 2.05) is 0 Å². The highest BCUT2D eigenvalue weighted by atomic mass is 32.2. The first-order valence-electron chi connectivity index (χ1n) is 6.74. The number of para-hydroxylation sites is 1. The molecule has 126 valence electrons. The molecular weight excluding hydrogens is 354 g/mol. The minimum absolute atomic E-state index is 0.157. The van der Waals surface area contributed by atoms with Gasteiger partial charge in [0.15, 0.2) is 6.61 Å². The zero-order valence-electron chi connectivity index (χ0n) is 12.5. The Bertz CT molecular complexity index is 745. The van der Waals surface area contributed by atoms with Crippen LogP contribution in [0.4, 0.5) is 0 Å². The van der Waals surface area contributed by atoms with E-state index < -0.39 is 30.5 Å². The molecule has 1 aromatic carbocycles. The summed E-state index contributed by atoms with van der Waals surface area (Å²) in [6, 6.07) is 5.55. The van der Waals surface area contributed by atoms with Crippen LogP contribution in [0.3, 0.4) is 0 Å². The Hall–Kier alpha value is -2.39. The van der Waals surface area contributed by atoms with Crippen LogP contribution in [0.25, 0.3) is 6.08 Å². The van der Waals surface area contributed by atoms with E-state index >= 15 is 0 Å². The van der Waals surface area contributed by atoms with Crippen molar-refractivity contribution in [3.8, 4) is 5.75 Å². The van der Waals surface area contributed by atoms with Crippen LogP contribution in [0.15, 0.2) is 29.2 Å². The van der Waals surface area contributed by atoms with Gasteiger partial charge in [-0.2, -0.15) is 0 Å². The average molecular weight is 367 g/mol. The fourth-order valence-electron chi connectivity index (χ4n) is 1.94. The van der Waals surface area contributed by atoms with Crippen LogP contribution in [-0.4, -0.2) is 49.9 Å². The lowest BCUT2D eigenvalue weighted by Gasteiger charge is -2.18. The quantitative estimate of drug-likeness (QED) is 0.580. The molecule has 1 fully saturated rings. The molecule has 0 bridgehead atoms. The molecule has 1 heterocycles. The second kappa shape index (κ2) is 7.45. The predicted octanol–water partition coefficient (Wildman–Crippen LogP) is 1.82. The minimum Gasteiger partial charge on any atom is -0.481 e. The standard InChI is InChI=1S/C15H13NO6S2/c1-8(14(20)21)16-13(19)11(24-15(16)23)6-9-4-2-3-5-10(9)22-7-12(17)18/h2-6,8H,7H2,1H3,(H,17,18)(H,20,21)/b11-6-. The van der Waals surface area contributed by atoms with Gasteiger partial charge in [-0.15, -0.1) is 0 Å². The summed E-state index contributed by atoms with van der Waals surface area (Å²) in [6.45, 7) is 0.863. The second-order valence-corrected chi connectivity index (χ2v) is 6.46. The summed E-state index contributed by atoms with van der Waals surface area (Å²) >= 11 is 6.07. The normalized spacial score (nSPS) is 17.2. The molecule has 9 heteroatoms. The molecule has 1 aliphatic heterocycles. The maximum Gasteiger partial charge on any atom is 0.341 e. The lowest BCUT2D eigenvalue weighted by molar-refractivity contribution is -0.144. The molecule has 2 N–H and O–H groups in total. The van der Waals surface area contributed by atoms with E-state index in [0.29, 0.717) is 11.3 Å². The molecule has 0 saturated carbocycles. The summed E-state index contributed by atoms with van der Waals surface area (Å²) < 4.78 is 5.34. The van der Waals surface area contributed by atoms with E-state index in [9.17, 15) is 14.4 Å². The molecule has 2 rings (SSSR count). The number of amides is 1. The minimum atomic E-state index is -1.15. The van der Waals surface area contributed by atoms with Crippen molar-refractivity contribution in [3.05, 3.63) is 34.7 Å². The maximum absolute atomic E-state index is 12.4. The smallest absolute Gasteiger partial charge is 0.341 e. The Morgan fingerprint density at radius 3 is 2.67 bits per heavy atom. The van der Waals surface area contributed by atoms with Crippen LogP contribution in [0, 0.1) is 0 Å². The Balaban J connectivity index is 2.29. The van der Waals surface area contributed by atoms with Gasteiger partial charge in [-0.05, 0) is 19.1 Å². The van der Waals surface area contributed by atoms with Crippen molar-refractivity contribution in [1.29, 1.82) is 0 Å². The van der Waals surface area contributed by atoms with Gasteiger partial charge in [0.1, 0.15) is 16.1 Å². The summed E-state index contributed by atoms with van der Waals surface area (Å²) in [4.78, 5) is 35.4. The molecule has 24 heavy (non-hydrogen) atoms. The molecular formula is C15H13NO6S2. The zero-order chi connectivity index (χ0) is 17.9. The van der Waals surface area contributed by atoms with Crippen LogP contribution in [0.2, 0.25) is 0 Å². The van der Waals surface area contributed by atoms with Gasteiger partial charge < -0.3 is 14.9 Å². The first kappa shape index (κ1) is 18.0. The largest absolute Gasteiger partial charge is 0.481 e. The van der Waals surface area contributed by atoms with Crippen molar-refractivity contribution in [2.45, 2.75) is 13.0 Å². The number of hydrogen-bond donors (Lipinski definition) is 2. The van der Waals surface area contributed by atoms with E-state index in [1.54, 1.807) is 24.3 Å². The van der Waals surface area contributed by atoms with Crippen LogP contribution in [0.1, 0.15) is 12.5 Å². The maximum atomic E-state index is 12.4. The molecule has 7 nitrogen and oxygen atoms in total. The number of carboxylic acids is 2. The molecule has 0 spiro atoms. The van der Waals surface area contributed by atoms with Gasteiger partial charge in [-0.1, -0.05) is 42.2 Å². The Morgan fingerprint density at radius 2 is 2.04 bits per heavy atom. The number of nitrogens with zero attached hydrogens (tertiary/aromatic N) is 1. The molecule has 0 aromatic heterocycles. The number of hydrogen-bond acceptors (Lipinski definition) is 6. The van der Waals surface area contributed by atoms with Crippen LogP contribution >= 0.6 is 24.0 Å². The van der Waals surface area contributed by atoms with E-state index in [2.05, 4.69) is 0 Å². The average Bonchev–Trinajstić information content (AvgIpc) is 2.79. The summed E-state index contributed by atoms with van der Waals surface area (Å²) in [5.74, 6) is -2.48. The number of carboxylic acid groups (broad SMARTS) is 2. The number of aliphatic carboxylic acids is 2. The van der Waals surface area contributed by atoms with Gasteiger partial charge in [-0.25, -0.2) is 9.59 Å². The summed E-state index contributed by atoms with van der Waals surface area (Å²) in [5.41, 5.74) is 0.502. The molecule has 0 aliphatic carbocycles. The van der Waals surface area contributed by atoms with Crippen LogP contribution in [0.5, 0.6) is 5.75 Å². The summed E-state index contributed by atoms with van der Waals surface area (Å²) in [7, 11) is 0. The first-order valence-corrected chi connectivity index (χ1v) is 7.97. The van der Waals surface area contributed by atoms with Gasteiger partial charge in [-0.3, -0.25) is 9.69 Å². The fraction of sp³-hybridized carbons (Fsp3) is 0.200. The van der Waals surface area contributed by atoms with E-state index in [4.69, 9.17) is 27.2 Å². The third-order valence-corrected chi connectivity index (χ3v) is 4.46. The highest BCUT2D eigenvalue weighted by molar-refractivity contribution is 8.26. The first-order chi connectivity index (χ1) is 11.3. The topological polar surface area (TPSA) is 104 Å². The van der Waals surface area contributed by atoms with Gasteiger partial charge in [0.25, 0.3) is 5.91 Å². The van der Waals surface area contributed by atoms with E-state index in [0.717, 1.165) is 16.7 Å². The van der Waals surface area contributed by atoms with Gasteiger partial charge in [0.05, 0.1) is 4.91 Å². The molecule has 1 aromatic rings. The molecule has 1 aliphatic rings. The molecule has 1 unspecified atom stereocenters. The highest BCUT2D eigenvalue weighted by Gasteiger charge is 2.38. The number of rotatable bonds is 6. The molecule has 1 atom stereocenters. The number of benzene rings is 1. The van der Waals surface area contributed by atoms with Crippen LogP contribution in [-0.2, 0) is 14.4 Å². The Morgan fingerprint density at radius 1 is 1.38 bits per heavy atom. The second-order valence-electron chi connectivity index (χ2n) is 4.79. The number of carbonyl (C=O) groups excluding carboxylic acids is 1. The monoisotopic (exact) mass is 367 g/mol. The third-order valence-electron chi connectivity index (χ3n) is 3.12. The van der Waals surface area contributed by atoms with E-state index in [-0.39, 0.29) is 9.23 Å². The van der Waals surface area contributed by atoms with Crippen molar-refractivity contribution in [2.75, 3.05) is 6.61 Å². The number of thioether (sulfide) groups is 1. The van der Waals surface area contributed by atoms with Gasteiger partial charge in [0.2, 0.25) is 0 Å². The number of carbonyl (C=O) groups is 3. The summed E-state index contributed by atoms with van der Waals surface area (Å²) in [5, 5.41) is 17.8. The lowest BCUT2D eigenvalue weighted by atomic mass is 10.2. The zero-order valence-corrected chi connectivity index (χ0v) is 14.1. The van der Waals surface area contributed by atoms with Gasteiger partial charge in [0, 0.05) is 5.56 Å². The SMILES string of the molecule is CC(C(=O)O)N1C(=O)/C(=C/c2ccccc2OCC(=O)O)SC1=S. The van der Waals surface area contributed by atoms with Gasteiger partial charge >= 0.3 is 11.9 Å². The van der Waals surface area contributed by atoms with Crippen molar-refractivity contribution >= 4 is 52.2 Å². The molecule has 0 radical (unpaired) electrons. The van der Waals surface area contributed by atoms with Crippen molar-refractivity contribution in [1.82, 2.24) is 4.90 Å². The van der Waals surface area contributed by atoms with Crippen molar-refractivity contribution in [3.63, 3.8) is 0 Å². The molecule has 1 amide bonds. The molecule has 1 saturated heterocycles. The number of thiocarbonyl (C=S) groups is 1. The third kappa shape index (κ3) is 3.92. The number of ether oxygens (including phenoxy) is 1. The lowest BCUT2D eigenvalue weighted by Crippen LogP contribution is -2.41. The summed E-state index contributed by atoms with van der Waals surface area (Å²) in [6.07, 6.45) is 1.51. The predicted molar refractivity (Wildman–Crippen MR) is 91.7 cm³/mol. The Labute approximate surface area is 146 Å². The Kier molecular flexibility index (Phi) is 5.58.